The maximum atomic E-state index is 15.8. The van der Waals surface area contributed by atoms with Crippen molar-refractivity contribution in [2.45, 2.75) is 96.0 Å². The molecule has 11 rings (SSSR count). The predicted octanol–water partition coefficient (Wildman–Crippen LogP) is 10.5. The Morgan fingerprint density at radius 2 is 1.73 bits per heavy atom. The third-order valence-corrected chi connectivity index (χ3v) is 16.0. The summed E-state index contributed by atoms with van der Waals surface area (Å²) in [6, 6.07) is 15.5. The number of nitrogens with one attached hydrogen (secondary N) is 3. The highest BCUT2D eigenvalue weighted by Crippen LogP contribution is 2.52. The van der Waals surface area contributed by atoms with Gasteiger partial charge in [0.05, 0.1) is 53.1 Å². The minimum atomic E-state index is -5.02. The second-order valence-corrected chi connectivity index (χ2v) is 21.5. The Kier molecular flexibility index (Phi) is 17.5. The first-order valence-corrected chi connectivity index (χ1v) is 28.0. The summed E-state index contributed by atoms with van der Waals surface area (Å²) >= 11 is 13.0. The molecule has 3 fully saturated rings. The first kappa shape index (κ1) is 58.0. The number of anilines is 1. The van der Waals surface area contributed by atoms with Gasteiger partial charge in [-0.1, -0.05) is 105 Å². The molecule has 0 saturated carbocycles. The van der Waals surface area contributed by atoms with Gasteiger partial charge in [0.1, 0.15) is 48.5 Å². The molecule has 18 nitrogen and oxygen atoms in total. The highest BCUT2D eigenvalue weighted by atomic mass is 35.5. The molecular weight excluding hydrogens is 1110 g/mol. The van der Waals surface area contributed by atoms with Gasteiger partial charge in [-0.3, -0.25) is 24.7 Å². The summed E-state index contributed by atoms with van der Waals surface area (Å²) in [6.45, 7) is 9.07. The van der Waals surface area contributed by atoms with E-state index in [0.717, 1.165) is 35.2 Å². The van der Waals surface area contributed by atoms with Gasteiger partial charge in [0.25, 0.3) is 0 Å². The van der Waals surface area contributed by atoms with E-state index in [1.807, 2.05) is 56.9 Å². The second-order valence-electron chi connectivity index (χ2n) is 20.7. The number of ether oxygens (including phenoxy) is 3. The number of fused-ring (bicyclic) bond motifs is 4. The number of aliphatic hydroxyl groups is 1. The lowest BCUT2D eigenvalue weighted by molar-refractivity contribution is -0.144. The molecular formula is C58H62Cl2F4N12O6. The molecule has 7 heterocycles. The Bertz CT molecular complexity index is 3480. The van der Waals surface area contributed by atoms with Gasteiger partial charge in [0.15, 0.2) is 5.75 Å². The van der Waals surface area contributed by atoms with Gasteiger partial charge in [0.2, 0.25) is 11.8 Å². The number of methoxy groups -OCH3 is 1. The summed E-state index contributed by atoms with van der Waals surface area (Å²) in [5.74, 6) is -1.96. The molecule has 3 saturated heterocycles. The fourth-order valence-electron chi connectivity index (χ4n) is 11.4. The summed E-state index contributed by atoms with van der Waals surface area (Å²) in [6.07, 6.45) is 1.28. The lowest BCUT2D eigenvalue weighted by Crippen LogP contribution is -2.54. The van der Waals surface area contributed by atoms with E-state index in [-0.39, 0.29) is 108 Å². The number of H-pyrrole nitrogens is 1. The standard InChI is InChI=1S/C56H56Cl2F4N12O6.C2H6/c1-29(2)50(54(77)72-16-4-5-45(72)53(76)66-44(27-75)33-12-10-31(11-13-33)36-14-15-63-24-40(36)57)74-26-43(70-71-74)32-8-6-30(7-9-32)28-80-51-47(46-38-23-65-69-42(38)21-41(59)48(46)58)39(56(60,61)62)20-37-49(51)67-55(79-18-17-78-3)68-52(37)73-25-34-19-35(73)22-64-34;1-2/h6-15,20-21,23-24,29,34-35,43-45,50,64,75H,4-5,16-19,22,25-28H2,1-3H3,(H,65,69)(H,66,76);1-2H3. The number of halogens is 6. The summed E-state index contributed by atoms with van der Waals surface area (Å²) in [7, 11) is 1.50. The van der Waals surface area contributed by atoms with Crippen LogP contribution in [0.25, 0.3) is 44.1 Å². The fraction of sp³-hybridized carbons (Fsp3) is 0.414. The molecule has 4 N–H and O–H groups in total. The van der Waals surface area contributed by atoms with E-state index in [9.17, 15) is 14.7 Å². The number of benzene rings is 4. The molecule has 6 atom stereocenters. The average Bonchev–Trinajstić information content (AvgIpc) is 4.46. The van der Waals surface area contributed by atoms with Gasteiger partial charge in [-0.15, -0.1) is 0 Å². The molecule has 2 bridgehead atoms. The fourth-order valence-corrected chi connectivity index (χ4v) is 11.8. The van der Waals surface area contributed by atoms with Crippen molar-refractivity contribution in [3.8, 4) is 34.0 Å². The van der Waals surface area contributed by atoms with Crippen LogP contribution in [0.1, 0.15) is 81.3 Å². The molecule has 4 aliphatic heterocycles. The topological polar surface area (TPSA) is 208 Å². The Balaban J connectivity index is 0.00000372. The van der Waals surface area contributed by atoms with Crippen molar-refractivity contribution in [1.29, 1.82) is 0 Å². The van der Waals surface area contributed by atoms with Gasteiger partial charge < -0.3 is 39.8 Å². The number of pyridine rings is 1. The van der Waals surface area contributed by atoms with Crippen molar-refractivity contribution in [3.63, 3.8) is 0 Å². The quantitative estimate of drug-likeness (QED) is 0.0466. The maximum absolute atomic E-state index is 15.8. The second kappa shape index (κ2) is 24.7. The first-order valence-electron chi connectivity index (χ1n) is 27.3. The van der Waals surface area contributed by atoms with Crippen molar-refractivity contribution in [3.05, 3.63) is 123 Å². The van der Waals surface area contributed by atoms with Gasteiger partial charge in [-0.25, -0.2) is 4.39 Å². The van der Waals surface area contributed by atoms with Crippen LogP contribution in [0.5, 0.6) is 11.8 Å². The Morgan fingerprint density at radius 1 is 0.951 bits per heavy atom. The van der Waals surface area contributed by atoms with Crippen LogP contribution < -0.4 is 25.0 Å². The Labute approximate surface area is 480 Å². The lowest BCUT2D eigenvalue weighted by Gasteiger charge is -2.34. The minimum absolute atomic E-state index is 0.0134. The molecule has 0 radical (unpaired) electrons. The van der Waals surface area contributed by atoms with Gasteiger partial charge in [0, 0.05) is 84.8 Å². The molecule has 82 heavy (non-hydrogen) atoms. The van der Waals surface area contributed by atoms with Crippen LogP contribution in [0.4, 0.5) is 23.4 Å². The molecule has 24 heteroatoms. The molecule has 4 aromatic carbocycles. The molecule has 7 aromatic rings. The van der Waals surface area contributed by atoms with E-state index in [2.05, 4.69) is 36.2 Å². The van der Waals surface area contributed by atoms with Crippen molar-refractivity contribution in [2.75, 3.05) is 58.0 Å². The first-order chi connectivity index (χ1) is 39.6. The molecule has 4 aliphatic rings. The molecule has 3 aromatic heterocycles. The summed E-state index contributed by atoms with van der Waals surface area (Å²) in [4.78, 5) is 45.5. The van der Waals surface area contributed by atoms with Crippen LogP contribution in [0.3, 0.4) is 0 Å². The van der Waals surface area contributed by atoms with E-state index in [1.54, 1.807) is 52.6 Å². The molecule has 6 unspecified atom stereocenters. The maximum Gasteiger partial charge on any atom is 0.417 e. The van der Waals surface area contributed by atoms with Crippen LogP contribution >= 0.6 is 23.2 Å². The van der Waals surface area contributed by atoms with Gasteiger partial charge >= 0.3 is 12.2 Å². The van der Waals surface area contributed by atoms with Crippen LogP contribution in [-0.4, -0.2) is 129 Å². The third-order valence-electron chi connectivity index (χ3n) is 15.3. The van der Waals surface area contributed by atoms with E-state index >= 15 is 17.6 Å². The van der Waals surface area contributed by atoms with Crippen molar-refractivity contribution < 1.29 is 46.5 Å². The third kappa shape index (κ3) is 11.6. The van der Waals surface area contributed by atoms with E-state index in [0.29, 0.717) is 48.6 Å². The number of aromatic nitrogens is 5. The highest BCUT2D eigenvalue weighted by Gasteiger charge is 2.45. The zero-order valence-corrected chi connectivity index (χ0v) is 47.2. The van der Waals surface area contributed by atoms with Crippen LogP contribution in [0.15, 0.2) is 95.7 Å². The number of piperazine rings is 1. The van der Waals surface area contributed by atoms with E-state index in [4.69, 9.17) is 47.4 Å². The number of hydrogen-bond donors (Lipinski definition) is 4. The van der Waals surface area contributed by atoms with Gasteiger partial charge in [-0.05, 0) is 59.6 Å². The van der Waals surface area contributed by atoms with Crippen LogP contribution in [-0.2, 0) is 27.1 Å². The number of carbonyl (C=O) groups excluding carboxylic acids is 2. The van der Waals surface area contributed by atoms with Crippen molar-refractivity contribution in [1.82, 2.24) is 45.7 Å². The number of aliphatic hydroxyl groups excluding tert-OH is 1. The van der Waals surface area contributed by atoms with Crippen LogP contribution in [0, 0.1) is 11.7 Å². The zero-order chi connectivity index (χ0) is 58.0. The summed E-state index contributed by atoms with van der Waals surface area (Å²) < 4.78 is 80.8. The van der Waals surface area contributed by atoms with E-state index < -0.39 is 52.3 Å². The zero-order valence-electron chi connectivity index (χ0n) is 45.7. The molecule has 0 aliphatic carbocycles. The van der Waals surface area contributed by atoms with Gasteiger partial charge in [-0.2, -0.15) is 33.4 Å². The number of nitrogens with zero attached hydrogens (tertiary/aromatic N) is 9. The monoisotopic (exact) mass is 1170 g/mol. The lowest BCUT2D eigenvalue weighted by atomic mass is 9.93. The van der Waals surface area contributed by atoms with E-state index in [1.165, 1.54) is 13.3 Å². The minimum Gasteiger partial charge on any atom is -0.486 e. The normalized spacial score (nSPS) is 19.3. The summed E-state index contributed by atoms with van der Waals surface area (Å²) in [5.41, 5.74) is 1.73. The Morgan fingerprint density at radius 3 is 2.41 bits per heavy atom. The number of amides is 2. The van der Waals surface area contributed by atoms with Crippen molar-refractivity contribution in [2.24, 2.45) is 16.3 Å². The average molecular weight is 1170 g/mol. The SMILES string of the molecule is CC.COCCOc1nc(N2CC3CC2CN3)c2cc(C(F)(F)F)c(-c3c(Cl)c(F)cc4[nH]ncc34)c(OCc3ccc(C4CN(C(C(=O)N5CCCC5C(=O)NC(CO)c5ccc(-c6ccncc6Cl)cc5)C(C)C)N=N4)cc3)c2n1. The number of aromatic amines is 1. The van der Waals surface area contributed by atoms with Crippen molar-refractivity contribution >= 4 is 62.6 Å². The molecule has 2 amide bonds. The predicted molar refractivity (Wildman–Crippen MR) is 302 cm³/mol. The number of carbonyl (C=O) groups is 2. The smallest absolute Gasteiger partial charge is 0.417 e. The highest BCUT2D eigenvalue weighted by molar-refractivity contribution is 6.35. The number of rotatable bonds is 18. The van der Waals surface area contributed by atoms with Crippen LogP contribution in [0.2, 0.25) is 10.0 Å². The number of hydrogen-bond acceptors (Lipinski definition) is 15. The Hall–Kier alpha value is -7.24. The summed E-state index contributed by atoms with van der Waals surface area (Å²) in [5, 5.41) is 34.3. The largest absolute Gasteiger partial charge is 0.486 e. The molecule has 0 spiro atoms. The molecule has 432 valence electrons. The number of alkyl halides is 3. The number of likely N-dealkylation sites (tertiary alicyclic amines) is 1.